The molecule has 4 atom stereocenters. The van der Waals surface area contributed by atoms with Crippen LogP contribution in [0.1, 0.15) is 19.8 Å². The van der Waals surface area contributed by atoms with E-state index in [0.29, 0.717) is 6.42 Å². The number of carbonyl (C=O) groups excluding carboxylic acids is 1. The summed E-state index contributed by atoms with van der Waals surface area (Å²) in [6, 6.07) is 0. The van der Waals surface area contributed by atoms with Crippen molar-refractivity contribution in [3.63, 3.8) is 0 Å². The summed E-state index contributed by atoms with van der Waals surface area (Å²) in [7, 11) is -4.96. The van der Waals surface area contributed by atoms with E-state index in [1.807, 2.05) is 0 Å². The molecule has 29 heavy (non-hydrogen) atoms. The van der Waals surface area contributed by atoms with Crippen LogP contribution in [0.15, 0.2) is 60.8 Å². The Morgan fingerprint density at radius 2 is 2.03 bits per heavy atom. The third-order valence-electron chi connectivity index (χ3n) is 3.82. The van der Waals surface area contributed by atoms with Gasteiger partial charge in [-0.15, -0.1) is 0 Å². The van der Waals surface area contributed by atoms with E-state index in [-0.39, 0.29) is 13.0 Å². The lowest BCUT2D eigenvalue weighted by Gasteiger charge is -2.31. The number of aliphatic hydroxyl groups excluding tert-OH is 2. The lowest BCUT2D eigenvalue weighted by molar-refractivity contribution is -0.141. The molecule has 0 aliphatic carbocycles. The second kappa shape index (κ2) is 12.0. The zero-order valence-electron chi connectivity index (χ0n) is 15.9. The van der Waals surface area contributed by atoms with Gasteiger partial charge in [0.15, 0.2) is 0 Å². The Hall–Kier alpha value is -1.84. The van der Waals surface area contributed by atoms with Crippen molar-refractivity contribution in [1.82, 2.24) is 0 Å². The number of ether oxygens (including phenoxy) is 1. The largest absolute Gasteiger partial charge is 0.469 e. The number of aliphatic hydroxyl groups is 3. The molecule has 0 spiro atoms. The molecule has 0 aromatic carbocycles. The van der Waals surface area contributed by atoms with Crippen molar-refractivity contribution in [2.45, 2.75) is 43.7 Å². The maximum atomic E-state index is 11.3. The van der Waals surface area contributed by atoms with Crippen molar-refractivity contribution >= 4 is 13.8 Å². The predicted octanol–water partition coefficient (Wildman–Crippen LogP) is 1.06. The van der Waals surface area contributed by atoms with E-state index >= 15 is 0 Å². The number of phosphoric ester groups is 1. The minimum absolute atomic E-state index is 0.100. The van der Waals surface area contributed by atoms with Crippen molar-refractivity contribution in [2.24, 2.45) is 0 Å². The normalized spacial score (nSPS) is 22.6. The molecule has 1 aliphatic rings. The molecule has 0 aromatic rings. The third kappa shape index (κ3) is 11.1. The Balaban J connectivity index is 2.84. The molecule has 4 unspecified atom stereocenters. The molecule has 162 valence electrons. The number of rotatable bonds is 11. The molecule has 0 fully saturated rings. The third-order valence-corrected chi connectivity index (χ3v) is 4.35. The summed E-state index contributed by atoms with van der Waals surface area (Å²) in [5.41, 5.74) is -1.87. The smallest absolute Gasteiger partial charge is 0.455 e. The van der Waals surface area contributed by atoms with Crippen LogP contribution in [0.25, 0.3) is 0 Å². The van der Waals surface area contributed by atoms with E-state index < -0.39 is 37.7 Å². The van der Waals surface area contributed by atoms with Crippen molar-refractivity contribution in [2.75, 3.05) is 6.61 Å². The number of hydrogen-bond acceptors (Lipinski definition) is 7. The Labute approximate surface area is 169 Å². The van der Waals surface area contributed by atoms with E-state index in [0.717, 1.165) is 0 Å². The van der Waals surface area contributed by atoms with Crippen LogP contribution < -0.4 is 0 Å². The highest BCUT2D eigenvalue weighted by atomic mass is 31.2. The van der Waals surface area contributed by atoms with Gasteiger partial charge in [-0.2, -0.15) is 0 Å². The zero-order valence-corrected chi connectivity index (χ0v) is 16.8. The Bertz CT molecular complexity index is 715. The Morgan fingerprint density at radius 1 is 1.34 bits per heavy atom. The number of phosphoric acid groups is 1. The van der Waals surface area contributed by atoms with Crippen LogP contribution >= 0.6 is 7.82 Å². The SMILES string of the molecule is CC(O)(/C=C/C1CC=CC(=O)O1)C(CC(O)\C=C/C=C\C=C\CO)OP(=O)(O)O. The number of allylic oxidation sites excluding steroid dienone is 4. The van der Waals surface area contributed by atoms with Crippen molar-refractivity contribution in [3.05, 3.63) is 60.8 Å². The summed E-state index contributed by atoms with van der Waals surface area (Å²) in [6.45, 7) is 1.16. The molecule has 0 saturated heterocycles. The summed E-state index contributed by atoms with van der Waals surface area (Å²) in [5.74, 6) is -0.531. The summed E-state index contributed by atoms with van der Waals surface area (Å²) < 4.78 is 21.0. The summed E-state index contributed by atoms with van der Waals surface area (Å²) in [6.07, 6.45) is 11.5. The maximum absolute atomic E-state index is 11.3. The Kier molecular flexibility index (Phi) is 10.4. The first-order valence-electron chi connectivity index (χ1n) is 8.85. The van der Waals surface area contributed by atoms with Crippen molar-refractivity contribution in [1.29, 1.82) is 0 Å². The zero-order chi connectivity index (χ0) is 21.9. The van der Waals surface area contributed by atoms with Crippen molar-refractivity contribution in [3.8, 4) is 0 Å². The average Bonchev–Trinajstić information content (AvgIpc) is 2.61. The fraction of sp³-hybridized carbons (Fsp3) is 0.421. The van der Waals surface area contributed by atoms with Gasteiger partial charge in [0, 0.05) is 18.9 Å². The summed E-state index contributed by atoms with van der Waals surface area (Å²) >= 11 is 0. The number of esters is 1. The molecule has 0 aromatic heterocycles. The van der Waals surface area contributed by atoms with Crippen LogP contribution in [-0.4, -0.2) is 61.6 Å². The monoisotopic (exact) mass is 430 g/mol. The molecule has 1 heterocycles. The van der Waals surface area contributed by atoms with Gasteiger partial charge >= 0.3 is 13.8 Å². The molecular weight excluding hydrogens is 403 g/mol. The summed E-state index contributed by atoms with van der Waals surface area (Å²) in [5, 5.41) is 29.4. The molecule has 5 N–H and O–H groups in total. The molecular formula is C19H27O9P. The minimum atomic E-state index is -4.96. The molecule has 0 amide bonds. The molecule has 0 bridgehead atoms. The standard InChI is InChI=1S/C19H27O9P/c1-19(23,12-11-16-9-7-10-18(22)27-16)17(28-29(24,25)26)14-15(21)8-5-3-2-4-6-13-20/h2-8,10-12,15-17,20-21,23H,9,13-14H2,1H3,(H2,24,25,26)/b3-2-,6-4+,8-5-,12-11+. The quantitative estimate of drug-likeness (QED) is 0.140. The molecule has 1 aliphatic heterocycles. The van der Waals surface area contributed by atoms with Crippen LogP contribution in [0, 0.1) is 0 Å². The van der Waals surface area contributed by atoms with Gasteiger partial charge in [0.05, 0.1) is 12.7 Å². The molecule has 10 heteroatoms. The van der Waals surface area contributed by atoms with Gasteiger partial charge in [-0.05, 0) is 13.0 Å². The molecule has 9 nitrogen and oxygen atoms in total. The topological polar surface area (TPSA) is 154 Å². The van der Waals surface area contributed by atoms with Crippen LogP contribution in [0.4, 0.5) is 0 Å². The first-order chi connectivity index (χ1) is 13.5. The number of cyclic esters (lactones) is 1. The number of hydrogen-bond donors (Lipinski definition) is 5. The van der Waals surface area contributed by atoms with Crippen molar-refractivity contribution < 1.29 is 43.7 Å². The maximum Gasteiger partial charge on any atom is 0.469 e. The average molecular weight is 430 g/mol. The van der Waals surface area contributed by atoms with Gasteiger partial charge in [0.25, 0.3) is 0 Å². The number of carbonyl (C=O) groups is 1. The minimum Gasteiger partial charge on any atom is -0.455 e. The van der Waals surface area contributed by atoms with Gasteiger partial charge < -0.3 is 29.8 Å². The fourth-order valence-corrected chi connectivity index (χ4v) is 3.01. The van der Waals surface area contributed by atoms with Gasteiger partial charge in [-0.3, -0.25) is 4.52 Å². The highest BCUT2D eigenvalue weighted by molar-refractivity contribution is 7.46. The van der Waals surface area contributed by atoms with Crippen LogP contribution in [0.5, 0.6) is 0 Å². The lowest BCUT2D eigenvalue weighted by Crippen LogP contribution is -2.41. The lowest BCUT2D eigenvalue weighted by atomic mass is 9.93. The molecule has 1 rings (SSSR count). The first-order valence-corrected chi connectivity index (χ1v) is 10.4. The molecule has 0 radical (unpaired) electrons. The van der Waals surface area contributed by atoms with Gasteiger partial charge in [0.2, 0.25) is 0 Å². The predicted molar refractivity (Wildman–Crippen MR) is 105 cm³/mol. The highest BCUT2D eigenvalue weighted by Gasteiger charge is 2.37. The van der Waals surface area contributed by atoms with Gasteiger partial charge in [-0.25, -0.2) is 9.36 Å². The van der Waals surface area contributed by atoms with E-state index in [1.54, 1.807) is 24.3 Å². The van der Waals surface area contributed by atoms with Gasteiger partial charge in [0.1, 0.15) is 17.8 Å². The van der Waals surface area contributed by atoms with Crippen LogP contribution in [0.3, 0.4) is 0 Å². The van der Waals surface area contributed by atoms with E-state index in [2.05, 4.69) is 4.52 Å². The fourth-order valence-electron chi connectivity index (χ4n) is 2.37. The van der Waals surface area contributed by atoms with Gasteiger partial charge in [-0.1, -0.05) is 48.6 Å². The van der Waals surface area contributed by atoms with Crippen LogP contribution in [-0.2, 0) is 18.6 Å². The second-order valence-electron chi connectivity index (χ2n) is 6.47. The Morgan fingerprint density at radius 3 is 2.66 bits per heavy atom. The van der Waals surface area contributed by atoms with Crippen LogP contribution in [0.2, 0.25) is 0 Å². The molecule has 0 saturated carbocycles. The first kappa shape index (κ1) is 25.2. The van der Waals surface area contributed by atoms with E-state index in [9.17, 15) is 19.6 Å². The van der Waals surface area contributed by atoms with E-state index in [4.69, 9.17) is 19.6 Å². The highest BCUT2D eigenvalue weighted by Crippen LogP contribution is 2.41. The summed E-state index contributed by atoms with van der Waals surface area (Å²) in [4.78, 5) is 29.6. The van der Waals surface area contributed by atoms with E-state index in [1.165, 1.54) is 43.4 Å². The second-order valence-corrected chi connectivity index (χ2v) is 7.66.